The van der Waals surface area contributed by atoms with Crippen molar-refractivity contribution in [1.29, 1.82) is 0 Å². The lowest BCUT2D eigenvalue weighted by molar-refractivity contribution is -0.173. The Bertz CT molecular complexity index is 1640. The van der Waals surface area contributed by atoms with Crippen molar-refractivity contribution < 1.29 is 36.6 Å². The predicted octanol–water partition coefficient (Wildman–Crippen LogP) is 8.65. The molecule has 0 radical (unpaired) electrons. The maximum absolute atomic E-state index is 12.6. The highest BCUT2D eigenvalue weighted by Crippen LogP contribution is 2.41. The number of rotatable bonds is 17. The number of alkyl halides is 3. The first-order chi connectivity index (χ1) is 24.9. The third-order valence-corrected chi connectivity index (χ3v) is 18.8. The Morgan fingerprint density at radius 2 is 1.80 bits per heavy atom. The van der Waals surface area contributed by atoms with E-state index < -0.39 is 31.4 Å². The number of nitrogens with one attached hydrogen (secondary N) is 1. The molecule has 2 aromatic rings. The van der Waals surface area contributed by atoms with Crippen molar-refractivity contribution in [2.24, 2.45) is 4.99 Å². The maximum atomic E-state index is 12.6. The Kier molecular flexibility index (Phi) is 17.0. The van der Waals surface area contributed by atoms with Crippen molar-refractivity contribution in [2.75, 3.05) is 45.7 Å². The van der Waals surface area contributed by atoms with Crippen LogP contribution in [0.25, 0.3) is 11.0 Å². The second kappa shape index (κ2) is 19.7. The SMILES string of the molecule is CN(C)/C=N/c1ncnc2c1c(C#CCOCSSC(C)(C)CNC(=O)C(F)(F)F)cn2[C@H]1CC(OCSSC(C)(C)C)[C@@H](CO[Si](C)(C)C(C)(C)C)O1. The number of fused-ring (bicyclic) bond motifs is 1. The van der Waals surface area contributed by atoms with E-state index in [0.29, 0.717) is 41.4 Å². The first-order valence-corrected chi connectivity index (χ1v) is 24.9. The minimum Gasteiger partial charge on any atom is -0.414 e. The molecule has 1 unspecified atom stereocenters. The van der Waals surface area contributed by atoms with Crippen LogP contribution in [0.5, 0.6) is 0 Å². The van der Waals surface area contributed by atoms with Gasteiger partial charge in [0.25, 0.3) is 0 Å². The molecule has 0 bridgehead atoms. The van der Waals surface area contributed by atoms with Crippen LogP contribution in [-0.2, 0) is 23.4 Å². The molecule has 3 heterocycles. The van der Waals surface area contributed by atoms with E-state index in [9.17, 15) is 18.0 Å². The van der Waals surface area contributed by atoms with Gasteiger partial charge in [0.15, 0.2) is 14.1 Å². The highest BCUT2D eigenvalue weighted by molar-refractivity contribution is 8.77. The molecular formula is C35H55F3N6O5S4Si. The zero-order valence-electron chi connectivity index (χ0n) is 33.3. The highest BCUT2D eigenvalue weighted by Gasteiger charge is 2.43. The van der Waals surface area contributed by atoms with Crippen molar-refractivity contribution in [3.8, 4) is 11.8 Å². The van der Waals surface area contributed by atoms with Crippen LogP contribution in [0.1, 0.15) is 73.6 Å². The van der Waals surface area contributed by atoms with Crippen molar-refractivity contribution in [3.05, 3.63) is 18.1 Å². The van der Waals surface area contributed by atoms with Crippen molar-refractivity contribution in [2.45, 2.75) is 114 Å². The molecule has 0 aliphatic carbocycles. The summed E-state index contributed by atoms with van der Waals surface area (Å²) >= 11 is 0. The van der Waals surface area contributed by atoms with Gasteiger partial charge in [-0.1, -0.05) is 96.6 Å². The van der Waals surface area contributed by atoms with Gasteiger partial charge in [-0.2, -0.15) is 13.2 Å². The Hall–Kier alpha value is -1.63. The van der Waals surface area contributed by atoms with Gasteiger partial charge >= 0.3 is 12.1 Å². The van der Waals surface area contributed by atoms with Gasteiger partial charge in [-0.15, -0.1) is 0 Å². The molecule has 1 saturated heterocycles. The van der Waals surface area contributed by atoms with Crippen molar-refractivity contribution in [3.63, 3.8) is 0 Å². The van der Waals surface area contributed by atoms with Gasteiger partial charge in [0.2, 0.25) is 0 Å². The molecule has 1 N–H and O–H groups in total. The van der Waals surface area contributed by atoms with E-state index in [1.807, 2.05) is 35.1 Å². The standard InChI is InChI=1S/C35H55F3N6O5S4Si/c1-32(2,3)52-51-23-47-25-16-27(49-26(25)18-48-54(11,12)33(4,5)6)44-17-24(28-29(42-21-43(9)10)40-20-41-30(28)44)14-13-15-46-22-50-53-34(7,8)19-39-31(45)35(36,37)38/h17,20-21,25-27H,15-16,18-19,22-23H2,1-12H3,(H,39,45)/b42-21+/t25?,26-,27-/m1/s1. The van der Waals surface area contributed by atoms with E-state index in [4.69, 9.17) is 18.6 Å². The molecule has 3 atom stereocenters. The third kappa shape index (κ3) is 14.7. The van der Waals surface area contributed by atoms with Crippen LogP contribution in [0, 0.1) is 11.8 Å². The third-order valence-electron chi connectivity index (χ3n) is 8.29. The first kappa shape index (κ1) is 46.7. The smallest absolute Gasteiger partial charge is 0.414 e. The molecule has 19 heteroatoms. The Morgan fingerprint density at radius 1 is 1.11 bits per heavy atom. The van der Waals surface area contributed by atoms with E-state index in [1.165, 1.54) is 27.9 Å². The second-order valence-corrected chi connectivity index (χ2v) is 26.9. The van der Waals surface area contributed by atoms with Gasteiger partial charge in [0.05, 0.1) is 30.0 Å². The molecule has 1 fully saturated rings. The summed E-state index contributed by atoms with van der Waals surface area (Å²) < 4.78 is 64.6. The van der Waals surface area contributed by atoms with Gasteiger partial charge in [-0.25, -0.2) is 15.0 Å². The van der Waals surface area contributed by atoms with Crippen LogP contribution in [0.2, 0.25) is 18.1 Å². The molecule has 2 aromatic heterocycles. The van der Waals surface area contributed by atoms with Crippen LogP contribution in [0.15, 0.2) is 17.5 Å². The van der Waals surface area contributed by atoms with Crippen LogP contribution in [-0.4, -0.2) is 114 Å². The molecule has 1 aliphatic heterocycles. The van der Waals surface area contributed by atoms with E-state index >= 15 is 0 Å². The fraction of sp³-hybridized carbons (Fsp3) is 0.714. The number of halogens is 3. The minimum absolute atomic E-state index is 0.0434. The first-order valence-electron chi connectivity index (χ1n) is 17.4. The zero-order valence-corrected chi connectivity index (χ0v) is 37.5. The summed E-state index contributed by atoms with van der Waals surface area (Å²) in [4.78, 5) is 26.7. The average molecular weight is 853 g/mol. The zero-order chi connectivity index (χ0) is 40.5. The number of hydrogen-bond donors (Lipinski definition) is 1. The van der Waals surface area contributed by atoms with E-state index in [2.05, 4.69) is 81.4 Å². The molecule has 54 heavy (non-hydrogen) atoms. The summed E-state index contributed by atoms with van der Waals surface area (Å²) in [6.45, 7) is 21.5. The summed E-state index contributed by atoms with van der Waals surface area (Å²) in [5.74, 6) is 5.53. The van der Waals surface area contributed by atoms with Crippen LogP contribution in [0.4, 0.5) is 19.0 Å². The number of hydrogen-bond acceptors (Lipinski definition) is 12. The maximum Gasteiger partial charge on any atom is 0.471 e. The predicted molar refractivity (Wildman–Crippen MR) is 222 cm³/mol. The molecule has 1 aliphatic rings. The van der Waals surface area contributed by atoms with Gasteiger partial charge in [0.1, 0.15) is 42.8 Å². The molecule has 3 rings (SSSR count). The summed E-state index contributed by atoms with van der Waals surface area (Å²) in [7, 11) is 7.79. The van der Waals surface area contributed by atoms with Gasteiger partial charge < -0.3 is 33.4 Å². The number of amides is 1. The molecule has 11 nitrogen and oxygen atoms in total. The molecule has 1 amide bonds. The van der Waals surface area contributed by atoms with E-state index in [1.54, 1.807) is 41.8 Å². The number of aromatic nitrogens is 3. The van der Waals surface area contributed by atoms with Crippen molar-refractivity contribution >= 4 is 80.6 Å². The van der Waals surface area contributed by atoms with Crippen LogP contribution in [0.3, 0.4) is 0 Å². The molecule has 0 saturated carbocycles. The largest absolute Gasteiger partial charge is 0.471 e. The molecule has 304 valence electrons. The van der Waals surface area contributed by atoms with Crippen LogP contribution < -0.4 is 5.32 Å². The summed E-state index contributed by atoms with van der Waals surface area (Å²) in [5, 5.41) is 2.65. The minimum atomic E-state index is -4.92. The average Bonchev–Trinajstić information content (AvgIpc) is 3.63. The summed E-state index contributed by atoms with van der Waals surface area (Å²) in [6.07, 6.45) is -0.183. The topological polar surface area (TPSA) is 112 Å². The number of aliphatic imine (C=N–C) groups is 1. The number of nitrogens with zero attached hydrogens (tertiary/aromatic N) is 5. The lowest BCUT2D eigenvalue weighted by Crippen LogP contribution is -2.44. The van der Waals surface area contributed by atoms with E-state index in [0.717, 1.165) is 0 Å². The normalized spacial score (nSPS) is 18.7. The lowest BCUT2D eigenvalue weighted by atomic mass is 10.2. The number of ether oxygens (including phenoxy) is 3. The van der Waals surface area contributed by atoms with E-state index in [-0.39, 0.29) is 41.1 Å². The Labute approximate surface area is 335 Å². The lowest BCUT2D eigenvalue weighted by Gasteiger charge is -2.37. The molecular weight excluding hydrogens is 798 g/mol. The Balaban J connectivity index is 1.80. The fourth-order valence-electron chi connectivity index (χ4n) is 4.54. The van der Waals surface area contributed by atoms with Crippen LogP contribution >= 0.6 is 43.2 Å². The van der Waals surface area contributed by atoms with Gasteiger partial charge in [0, 0.05) is 42.8 Å². The second-order valence-electron chi connectivity index (χ2n) is 16.0. The highest BCUT2D eigenvalue weighted by atomic mass is 33.1. The molecule has 0 aromatic carbocycles. The van der Waals surface area contributed by atoms with Crippen molar-refractivity contribution in [1.82, 2.24) is 24.8 Å². The number of carbonyl (C=O) groups is 1. The Morgan fingerprint density at radius 3 is 2.43 bits per heavy atom. The summed E-state index contributed by atoms with van der Waals surface area (Å²) in [6, 6.07) is 0. The summed E-state index contributed by atoms with van der Waals surface area (Å²) in [5.41, 5.74) is 1.28. The molecule has 0 spiro atoms. The fourth-order valence-corrected chi connectivity index (χ4v) is 9.68. The quantitative estimate of drug-likeness (QED) is 0.0313. The monoisotopic (exact) mass is 852 g/mol. The number of carbonyl (C=O) groups excluding carboxylic acids is 1. The van der Waals surface area contributed by atoms with Gasteiger partial charge in [-0.05, 0) is 32.0 Å². The van der Waals surface area contributed by atoms with Gasteiger partial charge in [-0.3, -0.25) is 4.79 Å².